The van der Waals surface area contributed by atoms with Crippen LogP contribution in [0.3, 0.4) is 0 Å². The smallest absolute Gasteiger partial charge is 0.0477 e. The first kappa shape index (κ1) is 12.6. The lowest BCUT2D eigenvalue weighted by atomic mass is 9.98. The van der Waals surface area contributed by atoms with Crippen LogP contribution < -0.4 is 0 Å². The van der Waals surface area contributed by atoms with E-state index in [0.717, 1.165) is 10.5 Å². The molecule has 2 heteroatoms. The fraction of sp³-hybridized carbons (Fsp3) is 0. The van der Waals surface area contributed by atoms with Gasteiger partial charge in [0.15, 0.2) is 0 Å². The summed E-state index contributed by atoms with van der Waals surface area (Å²) in [6.45, 7) is 0. The van der Waals surface area contributed by atoms with Crippen molar-refractivity contribution in [3.63, 3.8) is 0 Å². The summed E-state index contributed by atoms with van der Waals surface area (Å²) in [5.74, 6) is 0. The van der Waals surface area contributed by atoms with Crippen LogP contribution in [0.1, 0.15) is 0 Å². The molecule has 0 saturated carbocycles. The van der Waals surface area contributed by atoms with E-state index in [0.29, 0.717) is 0 Å². The van der Waals surface area contributed by atoms with Gasteiger partial charge in [-0.1, -0.05) is 54.1 Å². The van der Waals surface area contributed by atoms with Crippen LogP contribution in [0.2, 0.25) is 5.02 Å². The van der Waals surface area contributed by atoms with Crippen LogP contribution in [0, 0.1) is 0 Å². The van der Waals surface area contributed by atoms with Crippen LogP contribution in [0.4, 0.5) is 0 Å². The van der Waals surface area contributed by atoms with Crippen molar-refractivity contribution in [2.75, 3.05) is 0 Å². The number of aromatic nitrogens is 1. The third-order valence-corrected chi connectivity index (χ3v) is 5.42. The van der Waals surface area contributed by atoms with Crippen molar-refractivity contribution in [3.8, 4) is 22.3 Å². The van der Waals surface area contributed by atoms with E-state index >= 15 is 0 Å². The van der Waals surface area contributed by atoms with Gasteiger partial charge in [0.05, 0.1) is 0 Å². The van der Waals surface area contributed by atoms with Crippen LogP contribution in [0.5, 0.6) is 0 Å². The van der Waals surface area contributed by atoms with Crippen molar-refractivity contribution in [2.24, 2.45) is 0 Å². The van der Waals surface area contributed by atoms with E-state index in [1.54, 1.807) is 0 Å². The standard InChI is InChI=1S/C22H12ClN/c23-12-8-9-19-18(10-12)22-16-7-3-6-15-13-4-1-2-5-14(13)17(21(15)16)11-20(22)24-19/h1-11,24H. The predicted octanol–water partition coefficient (Wildman–Crippen LogP) is 6.78. The molecule has 0 spiro atoms. The molecule has 1 N–H and O–H groups in total. The molecule has 4 aromatic carbocycles. The highest BCUT2D eigenvalue weighted by molar-refractivity contribution is 6.33. The summed E-state index contributed by atoms with van der Waals surface area (Å²) >= 11 is 6.26. The highest BCUT2D eigenvalue weighted by Gasteiger charge is 2.23. The fourth-order valence-electron chi connectivity index (χ4n) is 4.24. The Labute approximate surface area is 143 Å². The quantitative estimate of drug-likeness (QED) is 0.317. The van der Waals surface area contributed by atoms with E-state index in [4.69, 9.17) is 11.6 Å². The minimum absolute atomic E-state index is 0.773. The van der Waals surface area contributed by atoms with Crippen LogP contribution in [0.25, 0.3) is 54.8 Å². The van der Waals surface area contributed by atoms with E-state index < -0.39 is 0 Å². The first-order valence-electron chi connectivity index (χ1n) is 8.08. The summed E-state index contributed by atoms with van der Waals surface area (Å²) in [4.78, 5) is 3.57. The van der Waals surface area contributed by atoms with Gasteiger partial charge in [-0.2, -0.15) is 0 Å². The van der Waals surface area contributed by atoms with Gasteiger partial charge >= 0.3 is 0 Å². The third kappa shape index (κ3) is 1.41. The Morgan fingerprint density at radius 2 is 1.38 bits per heavy atom. The molecule has 0 aliphatic heterocycles. The molecule has 1 nitrogen and oxygen atoms in total. The van der Waals surface area contributed by atoms with E-state index in [2.05, 4.69) is 65.6 Å². The SMILES string of the molecule is Clc1ccc2[nH]c3cc4c5c(cccc5c3c2c1)-c1ccccc1-4. The van der Waals surface area contributed by atoms with Crippen molar-refractivity contribution in [3.05, 3.63) is 71.8 Å². The molecule has 1 heterocycles. The van der Waals surface area contributed by atoms with Gasteiger partial charge in [0.2, 0.25) is 0 Å². The molecule has 0 fully saturated rings. The van der Waals surface area contributed by atoms with Crippen molar-refractivity contribution in [1.29, 1.82) is 0 Å². The van der Waals surface area contributed by atoms with Crippen molar-refractivity contribution in [2.45, 2.75) is 0 Å². The topological polar surface area (TPSA) is 15.8 Å². The number of aromatic amines is 1. The Balaban J connectivity index is 1.92. The maximum atomic E-state index is 6.26. The summed E-state index contributed by atoms with van der Waals surface area (Å²) in [6.07, 6.45) is 0. The average Bonchev–Trinajstić information content (AvgIpc) is 3.13. The second-order valence-corrected chi connectivity index (χ2v) is 6.87. The Bertz CT molecular complexity index is 1310. The lowest BCUT2D eigenvalue weighted by Crippen LogP contribution is -1.78. The normalized spacial score (nSPS) is 12.4. The van der Waals surface area contributed by atoms with E-state index in [9.17, 15) is 0 Å². The molecule has 1 aliphatic carbocycles. The lowest BCUT2D eigenvalue weighted by molar-refractivity contribution is 1.55. The number of rotatable bonds is 0. The largest absolute Gasteiger partial charge is 0.354 e. The number of halogens is 1. The molecule has 0 bridgehead atoms. The minimum Gasteiger partial charge on any atom is -0.354 e. The zero-order valence-electron chi connectivity index (χ0n) is 12.7. The third-order valence-electron chi connectivity index (χ3n) is 5.19. The number of benzene rings is 4. The molecule has 0 radical (unpaired) electrons. The van der Waals surface area contributed by atoms with Gasteiger partial charge in [0.25, 0.3) is 0 Å². The van der Waals surface area contributed by atoms with E-state index in [1.165, 1.54) is 49.3 Å². The summed E-state index contributed by atoms with van der Waals surface area (Å²) < 4.78 is 0. The summed E-state index contributed by atoms with van der Waals surface area (Å²) in [7, 11) is 0. The second-order valence-electron chi connectivity index (χ2n) is 6.44. The van der Waals surface area contributed by atoms with Gasteiger partial charge < -0.3 is 4.98 Å². The maximum absolute atomic E-state index is 6.26. The first-order chi connectivity index (χ1) is 11.8. The van der Waals surface area contributed by atoms with Crippen LogP contribution in [0.15, 0.2) is 66.7 Å². The lowest BCUT2D eigenvalue weighted by Gasteiger charge is -2.05. The average molecular weight is 326 g/mol. The Morgan fingerprint density at radius 3 is 2.25 bits per heavy atom. The van der Waals surface area contributed by atoms with Crippen molar-refractivity contribution < 1.29 is 0 Å². The number of nitrogens with one attached hydrogen (secondary N) is 1. The number of H-pyrrole nitrogens is 1. The summed E-state index contributed by atoms with van der Waals surface area (Å²) in [5.41, 5.74) is 7.60. The highest BCUT2D eigenvalue weighted by atomic mass is 35.5. The minimum atomic E-state index is 0.773. The van der Waals surface area contributed by atoms with Gasteiger partial charge in [0, 0.05) is 26.8 Å². The zero-order valence-corrected chi connectivity index (χ0v) is 13.5. The van der Waals surface area contributed by atoms with Gasteiger partial charge in [-0.3, -0.25) is 0 Å². The van der Waals surface area contributed by atoms with Gasteiger partial charge in [-0.05, 0) is 57.3 Å². The summed E-state index contributed by atoms with van der Waals surface area (Å²) in [6, 6.07) is 23.6. The molecule has 1 aliphatic rings. The molecule has 6 rings (SSSR count). The van der Waals surface area contributed by atoms with Gasteiger partial charge in [-0.25, -0.2) is 0 Å². The Hall–Kier alpha value is -2.77. The van der Waals surface area contributed by atoms with Crippen LogP contribution in [-0.4, -0.2) is 4.98 Å². The molecule has 0 atom stereocenters. The zero-order chi connectivity index (χ0) is 15.8. The van der Waals surface area contributed by atoms with Gasteiger partial charge in [-0.15, -0.1) is 0 Å². The van der Waals surface area contributed by atoms with E-state index in [1.807, 2.05) is 6.07 Å². The molecule has 0 amide bonds. The molecule has 0 unspecified atom stereocenters. The second kappa shape index (κ2) is 4.19. The summed E-state index contributed by atoms with van der Waals surface area (Å²) in [5, 5.41) is 5.88. The predicted molar refractivity (Wildman–Crippen MR) is 103 cm³/mol. The number of hydrogen-bond acceptors (Lipinski definition) is 0. The Morgan fingerprint density at radius 1 is 0.583 bits per heavy atom. The number of hydrogen-bond donors (Lipinski definition) is 1. The molecule has 1 aromatic heterocycles. The van der Waals surface area contributed by atoms with E-state index in [-0.39, 0.29) is 0 Å². The molecule has 112 valence electrons. The highest BCUT2D eigenvalue weighted by Crippen LogP contribution is 2.50. The molecular weight excluding hydrogens is 314 g/mol. The van der Waals surface area contributed by atoms with Crippen LogP contribution in [-0.2, 0) is 0 Å². The fourth-order valence-corrected chi connectivity index (χ4v) is 4.41. The molecule has 5 aromatic rings. The molecular formula is C22H12ClN. The van der Waals surface area contributed by atoms with Crippen molar-refractivity contribution >= 4 is 44.2 Å². The number of fused-ring (bicyclic) bond motifs is 7. The maximum Gasteiger partial charge on any atom is 0.0477 e. The monoisotopic (exact) mass is 325 g/mol. The van der Waals surface area contributed by atoms with Crippen molar-refractivity contribution in [1.82, 2.24) is 4.98 Å². The van der Waals surface area contributed by atoms with Gasteiger partial charge in [0.1, 0.15) is 0 Å². The molecule has 0 saturated heterocycles. The first-order valence-corrected chi connectivity index (χ1v) is 8.45. The Kier molecular flexibility index (Phi) is 2.21. The van der Waals surface area contributed by atoms with Crippen LogP contribution >= 0.6 is 11.6 Å². The molecule has 24 heavy (non-hydrogen) atoms.